The molecular weight excluding hydrogens is 369 g/mol. The van der Waals surface area contributed by atoms with Gasteiger partial charge in [-0.25, -0.2) is 4.39 Å². The van der Waals surface area contributed by atoms with E-state index in [0.29, 0.717) is 13.0 Å². The van der Waals surface area contributed by atoms with E-state index in [-0.39, 0.29) is 17.5 Å². The summed E-state index contributed by atoms with van der Waals surface area (Å²) in [6.07, 6.45) is 4.49. The number of aromatic nitrogens is 1. The van der Waals surface area contributed by atoms with Gasteiger partial charge in [0.05, 0.1) is 6.10 Å². The Balaban J connectivity index is 1.65. The molecule has 0 aliphatic carbocycles. The van der Waals surface area contributed by atoms with E-state index in [1.165, 1.54) is 12.1 Å². The number of nitrogens with one attached hydrogen (secondary N) is 1. The van der Waals surface area contributed by atoms with Crippen molar-refractivity contribution < 1.29 is 13.9 Å². The van der Waals surface area contributed by atoms with Crippen LogP contribution in [0.5, 0.6) is 0 Å². The van der Waals surface area contributed by atoms with E-state index in [4.69, 9.17) is 4.74 Å². The van der Waals surface area contributed by atoms with Gasteiger partial charge in [-0.3, -0.25) is 4.79 Å². The van der Waals surface area contributed by atoms with Crippen LogP contribution in [0.25, 0.3) is 6.08 Å². The average molecular weight is 395 g/mol. The topological polar surface area (TPSA) is 67.0 Å². The summed E-state index contributed by atoms with van der Waals surface area (Å²) >= 11 is 0. The van der Waals surface area contributed by atoms with Crippen molar-refractivity contribution in [3.8, 4) is 6.07 Å². The predicted octanol–water partition coefficient (Wildman–Crippen LogP) is 3.69. The number of hydrogen-bond acceptors (Lipinski definition) is 3. The molecule has 1 N–H and O–H groups in total. The molecule has 1 aromatic carbocycles. The first-order chi connectivity index (χ1) is 14.0. The zero-order valence-corrected chi connectivity index (χ0v) is 16.9. The van der Waals surface area contributed by atoms with Crippen LogP contribution in [0.1, 0.15) is 35.4 Å². The van der Waals surface area contributed by atoms with Gasteiger partial charge in [0.25, 0.3) is 5.91 Å². The first-order valence-corrected chi connectivity index (χ1v) is 9.90. The Bertz CT molecular complexity index is 950. The fourth-order valence-corrected chi connectivity index (χ4v) is 3.66. The van der Waals surface area contributed by atoms with Gasteiger partial charge in [-0.15, -0.1) is 0 Å². The molecule has 0 radical (unpaired) electrons. The second-order valence-corrected chi connectivity index (χ2v) is 7.38. The molecule has 1 saturated heterocycles. The van der Waals surface area contributed by atoms with Crippen molar-refractivity contribution in [1.82, 2.24) is 9.88 Å². The number of aryl methyl sites for hydroxylation is 1. The van der Waals surface area contributed by atoms with Crippen LogP contribution in [0.3, 0.4) is 0 Å². The lowest BCUT2D eigenvalue weighted by atomic mass is 10.1. The molecule has 1 atom stereocenters. The third kappa shape index (κ3) is 5.33. The zero-order chi connectivity index (χ0) is 20.8. The minimum atomic E-state index is -0.423. The molecule has 3 rings (SSSR count). The van der Waals surface area contributed by atoms with Gasteiger partial charge in [0.2, 0.25) is 0 Å². The number of nitrogens with zero attached hydrogens (tertiary/aromatic N) is 2. The zero-order valence-electron chi connectivity index (χ0n) is 16.9. The highest BCUT2D eigenvalue weighted by atomic mass is 19.1. The molecule has 1 aliphatic rings. The molecule has 0 bridgehead atoms. The van der Waals surface area contributed by atoms with Gasteiger partial charge >= 0.3 is 0 Å². The number of hydrogen-bond donors (Lipinski definition) is 1. The van der Waals surface area contributed by atoms with Crippen LogP contribution in [-0.4, -0.2) is 29.7 Å². The number of carbonyl (C=O) groups is 1. The van der Waals surface area contributed by atoms with Crippen LogP contribution < -0.4 is 5.32 Å². The third-order valence-electron chi connectivity index (χ3n) is 5.28. The van der Waals surface area contributed by atoms with Crippen molar-refractivity contribution >= 4 is 12.0 Å². The normalized spacial score (nSPS) is 16.6. The largest absolute Gasteiger partial charge is 0.376 e. The van der Waals surface area contributed by atoms with Gasteiger partial charge in [-0.2, -0.15) is 5.26 Å². The summed E-state index contributed by atoms with van der Waals surface area (Å²) in [5, 5.41) is 12.2. The van der Waals surface area contributed by atoms with Crippen LogP contribution in [0, 0.1) is 31.0 Å². The van der Waals surface area contributed by atoms with E-state index < -0.39 is 5.91 Å². The Kier molecular flexibility index (Phi) is 6.84. The van der Waals surface area contributed by atoms with Gasteiger partial charge in [-0.1, -0.05) is 12.1 Å². The fourth-order valence-electron chi connectivity index (χ4n) is 3.66. The lowest BCUT2D eigenvalue weighted by Crippen LogP contribution is -2.26. The second-order valence-electron chi connectivity index (χ2n) is 7.38. The fraction of sp³-hybridized carbons (Fsp3) is 0.391. The molecule has 1 aromatic heterocycles. The van der Waals surface area contributed by atoms with Crippen molar-refractivity contribution in [2.75, 3.05) is 13.2 Å². The SMILES string of the molecule is Cc1cc(/C=C(\C#N)C(=O)NCCc2cccc(F)c2)c(C)n1CC1CCCO1. The van der Waals surface area contributed by atoms with E-state index in [0.717, 1.165) is 48.5 Å². The third-order valence-corrected chi connectivity index (χ3v) is 5.28. The Morgan fingerprint density at radius 3 is 2.93 bits per heavy atom. The molecule has 1 amide bonds. The van der Waals surface area contributed by atoms with Crippen LogP contribution in [-0.2, 0) is 22.5 Å². The molecule has 5 nitrogen and oxygen atoms in total. The van der Waals surface area contributed by atoms with Crippen molar-refractivity contribution in [1.29, 1.82) is 5.26 Å². The number of amides is 1. The Hall–Kier alpha value is -2.91. The maximum atomic E-state index is 13.2. The highest BCUT2D eigenvalue weighted by Crippen LogP contribution is 2.22. The predicted molar refractivity (Wildman–Crippen MR) is 110 cm³/mol. The highest BCUT2D eigenvalue weighted by Gasteiger charge is 2.19. The van der Waals surface area contributed by atoms with E-state index in [2.05, 4.69) is 9.88 Å². The van der Waals surface area contributed by atoms with Crippen molar-refractivity contribution in [3.05, 3.63) is 64.2 Å². The molecular formula is C23H26FN3O2. The average Bonchev–Trinajstić information content (AvgIpc) is 3.30. The molecule has 0 saturated carbocycles. The maximum Gasteiger partial charge on any atom is 0.261 e. The molecule has 0 spiro atoms. The quantitative estimate of drug-likeness (QED) is 0.574. The highest BCUT2D eigenvalue weighted by molar-refractivity contribution is 6.01. The van der Waals surface area contributed by atoms with E-state index in [1.807, 2.05) is 26.0 Å². The molecule has 6 heteroatoms. The molecule has 29 heavy (non-hydrogen) atoms. The Morgan fingerprint density at radius 2 is 2.24 bits per heavy atom. The summed E-state index contributed by atoms with van der Waals surface area (Å²) in [6, 6.07) is 10.2. The summed E-state index contributed by atoms with van der Waals surface area (Å²) in [5.41, 5.74) is 3.80. The first-order valence-electron chi connectivity index (χ1n) is 9.90. The molecule has 1 aliphatic heterocycles. The van der Waals surface area contributed by atoms with Crippen molar-refractivity contribution in [2.24, 2.45) is 0 Å². The van der Waals surface area contributed by atoms with Crippen molar-refractivity contribution in [3.63, 3.8) is 0 Å². The van der Waals surface area contributed by atoms with Crippen LogP contribution in [0.2, 0.25) is 0 Å². The number of benzene rings is 1. The Morgan fingerprint density at radius 1 is 1.41 bits per heavy atom. The van der Waals surface area contributed by atoms with Crippen molar-refractivity contribution in [2.45, 2.75) is 45.8 Å². The van der Waals surface area contributed by atoms with Crippen LogP contribution in [0.4, 0.5) is 4.39 Å². The van der Waals surface area contributed by atoms with Crippen LogP contribution in [0.15, 0.2) is 35.9 Å². The molecule has 2 aromatic rings. The Labute approximate surface area is 170 Å². The molecule has 1 fully saturated rings. The number of nitriles is 1. The number of rotatable bonds is 7. The molecule has 152 valence electrons. The van der Waals surface area contributed by atoms with E-state index in [1.54, 1.807) is 18.2 Å². The smallest absolute Gasteiger partial charge is 0.261 e. The van der Waals surface area contributed by atoms with Crippen LogP contribution >= 0.6 is 0 Å². The van der Waals surface area contributed by atoms with Gasteiger partial charge in [0, 0.05) is 31.1 Å². The van der Waals surface area contributed by atoms with Gasteiger partial charge in [-0.05, 0) is 68.5 Å². The second kappa shape index (κ2) is 9.53. The number of ether oxygens (including phenoxy) is 1. The van der Waals surface area contributed by atoms with Gasteiger partial charge < -0.3 is 14.6 Å². The van der Waals surface area contributed by atoms with E-state index in [9.17, 15) is 14.4 Å². The minimum Gasteiger partial charge on any atom is -0.376 e. The summed E-state index contributed by atoms with van der Waals surface area (Å²) < 4.78 is 21.1. The van der Waals surface area contributed by atoms with Gasteiger partial charge in [0.15, 0.2) is 0 Å². The standard InChI is InChI=1S/C23H26FN3O2/c1-16-11-19(17(2)27(16)15-22-7-4-10-29-22)13-20(14-25)23(28)26-9-8-18-5-3-6-21(24)12-18/h3,5-6,11-13,22H,4,7-10,15H2,1-2H3,(H,26,28)/b20-13+. The number of carbonyl (C=O) groups excluding carboxylic acids is 1. The summed E-state index contributed by atoms with van der Waals surface area (Å²) in [4.78, 5) is 12.4. The monoisotopic (exact) mass is 395 g/mol. The molecule has 2 heterocycles. The maximum absolute atomic E-state index is 13.2. The lowest BCUT2D eigenvalue weighted by Gasteiger charge is -2.14. The summed E-state index contributed by atoms with van der Waals surface area (Å²) in [7, 11) is 0. The lowest BCUT2D eigenvalue weighted by molar-refractivity contribution is -0.117. The number of halogens is 1. The van der Waals surface area contributed by atoms with Gasteiger partial charge in [0.1, 0.15) is 17.5 Å². The first kappa shape index (κ1) is 20.8. The summed E-state index contributed by atoms with van der Waals surface area (Å²) in [5.74, 6) is -0.724. The minimum absolute atomic E-state index is 0.0570. The summed E-state index contributed by atoms with van der Waals surface area (Å²) in [6.45, 7) is 5.94. The molecule has 1 unspecified atom stereocenters. The van der Waals surface area contributed by atoms with E-state index >= 15 is 0 Å².